The minimum atomic E-state index is -0.0771. The van der Waals surface area contributed by atoms with Crippen molar-refractivity contribution in [2.45, 2.75) is 33.1 Å². The molecule has 0 saturated carbocycles. The summed E-state index contributed by atoms with van der Waals surface area (Å²) in [5, 5.41) is 3.59. The number of amides is 1. The number of nitrogens with zero attached hydrogens (tertiary/aromatic N) is 1. The summed E-state index contributed by atoms with van der Waals surface area (Å²) in [6.07, 6.45) is 1.74. The van der Waals surface area contributed by atoms with Crippen molar-refractivity contribution in [1.82, 2.24) is 15.3 Å². The Morgan fingerprint density at radius 3 is 2.61 bits per heavy atom. The highest BCUT2D eigenvalue weighted by Crippen LogP contribution is 2.27. The van der Waals surface area contributed by atoms with Gasteiger partial charge in [0.1, 0.15) is 0 Å². The molecule has 0 aromatic carbocycles. The number of carbonyl (C=O) groups is 1. The molecule has 0 radical (unpaired) electrons. The molecule has 4 heteroatoms. The predicted molar refractivity (Wildman–Crippen MR) is 72.9 cm³/mol. The molecule has 2 aromatic rings. The molecule has 2 rings (SSSR count). The van der Waals surface area contributed by atoms with Crippen LogP contribution >= 0.6 is 0 Å². The van der Waals surface area contributed by atoms with E-state index in [0.717, 1.165) is 22.3 Å². The van der Waals surface area contributed by atoms with E-state index in [4.69, 9.17) is 0 Å². The first-order valence-electron chi connectivity index (χ1n) is 6.06. The van der Waals surface area contributed by atoms with Crippen LogP contribution in [0.3, 0.4) is 0 Å². The van der Waals surface area contributed by atoms with Crippen LogP contribution < -0.4 is 5.32 Å². The summed E-state index contributed by atoms with van der Waals surface area (Å²) < 4.78 is 0. The lowest BCUT2D eigenvalue weighted by molar-refractivity contribution is 0.0965. The second-order valence-electron chi connectivity index (χ2n) is 5.55. The Bertz CT molecular complexity index is 605. The van der Waals surface area contributed by atoms with Gasteiger partial charge < -0.3 is 10.3 Å². The molecule has 0 unspecified atom stereocenters. The smallest absolute Gasteiger partial charge is 0.253 e. The maximum Gasteiger partial charge on any atom is 0.253 e. The lowest BCUT2D eigenvalue weighted by atomic mass is 9.90. The molecule has 0 aliphatic carbocycles. The predicted octanol–water partition coefficient (Wildman–Crippen LogP) is 2.53. The van der Waals surface area contributed by atoms with Crippen LogP contribution in [0.2, 0.25) is 0 Å². The van der Waals surface area contributed by atoms with E-state index in [1.54, 1.807) is 13.2 Å². The summed E-state index contributed by atoms with van der Waals surface area (Å²) in [5.74, 6) is -0.0771. The van der Waals surface area contributed by atoms with Gasteiger partial charge in [-0.25, -0.2) is 0 Å². The SMILES string of the molecule is CNC(=O)c1c[nH]c2c(C)nc(C(C)(C)C)cc12. The fraction of sp³-hybridized carbons (Fsp3) is 0.429. The Balaban J connectivity index is 2.72. The third-order valence-electron chi connectivity index (χ3n) is 3.09. The Morgan fingerprint density at radius 1 is 1.39 bits per heavy atom. The van der Waals surface area contributed by atoms with E-state index in [1.165, 1.54) is 0 Å². The van der Waals surface area contributed by atoms with Crippen molar-refractivity contribution >= 4 is 16.8 Å². The van der Waals surface area contributed by atoms with Gasteiger partial charge in [0.15, 0.2) is 0 Å². The zero-order valence-corrected chi connectivity index (χ0v) is 11.5. The summed E-state index contributed by atoms with van der Waals surface area (Å²) in [6, 6.07) is 2.00. The van der Waals surface area contributed by atoms with Gasteiger partial charge in [0.25, 0.3) is 5.91 Å². The van der Waals surface area contributed by atoms with E-state index >= 15 is 0 Å². The Labute approximate surface area is 107 Å². The van der Waals surface area contributed by atoms with Crippen LogP contribution in [-0.4, -0.2) is 22.9 Å². The number of hydrogen-bond acceptors (Lipinski definition) is 2. The third kappa shape index (κ3) is 1.98. The van der Waals surface area contributed by atoms with Crippen LogP contribution in [0.1, 0.15) is 42.5 Å². The number of hydrogen-bond donors (Lipinski definition) is 2. The molecule has 2 aromatic heterocycles. The lowest BCUT2D eigenvalue weighted by Crippen LogP contribution is -2.18. The molecule has 0 saturated heterocycles. The van der Waals surface area contributed by atoms with Crippen molar-refractivity contribution in [3.05, 3.63) is 29.2 Å². The minimum absolute atomic E-state index is 0.0316. The Kier molecular flexibility index (Phi) is 2.89. The maximum absolute atomic E-state index is 11.8. The Morgan fingerprint density at radius 2 is 2.06 bits per heavy atom. The molecule has 2 N–H and O–H groups in total. The highest BCUT2D eigenvalue weighted by atomic mass is 16.1. The van der Waals surface area contributed by atoms with Gasteiger partial charge in [-0.05, 0) is 13.0 Å². The first-order chi connectivity index (χ1) is 8.34. The van der Waals surface area contributed by atoms with Gasteiger partial charge in [-0.1, -0.05) is 20.8 Å². The highest BCUT2D eigenvalue weighted by molar-refractivity contribution is 6.07. The van der Waals surface area contributed by atoms with Crippen LogP contribution in [-0.2, 0) is 5.41 Å². The van der Waals surface area contributed by atoms with Crippen LogP contribution in [0.4, 0.5) is 0 Å². The molecule has 18 heavy (non-hydrogen) atoms. The number of fused-ring (bicyclic) bond motifs is 1. The van der Waals surface area contributed by atoms with Crippen LogP contribution in [0, 0.1) is 6.92 Å². The van der Waals surface area contributed by atoms with E-state index in [0.29, 0.717) is 5.56 Å². The van der Waals surface area contributed by atoms with E-state index in [2.05, 4.69) is 36.1 Å². The monoisotopic (exact) mass is 245 g/mol. The third-order valence-corrected chi connectivity index (χ3v) is 3.09. The number of rotatable bonds is 1. The van der Waals surface area contributed by atoms with Gasteiger partial charge in [0, 0.05) is 29.7 Å². The van der Waals surface area contributed by atoms with Crippen molar-refractivity contribution in [2.24, 2.45) is 0 Å². The van der Waals surface area contributed by atoms with Gasteiger partial charge in [0.05, 0.1) is 16.8 Å². The molecule has 0 spiro atoms. The summed E-state index contributed by atoms with van der Waals surface area (Å²) in [6.45, 7) is 8.31. The molecular formula is C14H19N3O. The normalized spacial score (nSPS) is 11.8. The van der Waals surface area contributed by atoms with E-state index < -0.39 is 0 Å². The number of aromatic nitrogens is 2. The second-order valence-corrected chi connectivity index (χ2v) is 5.55. The number of nitrogens with one attached hydrogen (secondary N) is 2. The first kappa shape index (κ1) is 12.6. The Hall–Kier alpha value is -1.84. The molecule has 4 nitrogen and oxygen atoms in total. The first-order valence-corrected chi connectivity index (χ1v) is 6.06. The van der Waals surface area contributed by atoms with Gasteiger partial charge in [0.2, 0.25) is 0 Å². The van der Waals surface area contributed by atoms with E-state index in [-0.39, 0.29) is 11.3 Å². The average molecular weight is 245 g/mol. The van der Waals surface area contributed by atoms with Crippen molar-refractivity contribution in [3.8, 4) is 0 Å². The van der Waals surface area contributed by atoms with Gasteiger partial charge >= 0.3 is 0 Å². The number of carbonyl (C=O) groups excluding carboxylic acids is 1. The fourth-order valence-corrected chi connectivity index (χ4v) is 2.00. The van der Waals surface area contributed by atoms with Gasteiger partial charge in [-0.15, -0.1) is 0 Å². The van der Waals surface area contributed by atoms with Crippen LogP contribution in [0.5, 0.6) is 0 Å². The molecular weight excluding hydrogens is 226 g/mol. The van der Waals surface area contributed by atoms with Crippen molar-refractivity contribution in [3.63, 3.8) is 0 Å². The highest BCUT2D eigenvalue weighted by Gasteiger charge is 2.20. The zero-order valence-electron chi connectivity index (χ0n) is 11.5. The molecule has 96 valence electrons. The van der Waals surface area contributed by atoms with Crippen molar-refractivity contribution in [1.29, 1.82) is 0 Å². The quantitative estimate of drug-likeness (QED) is 0.811. The number of aryl methyl sites for hydroxylation is 1. The standard InChI is InChI=1S/C14H19N3O/c1-8-12-9(6-11(17-8)14(2,3)4)10(7-16-12)13(18)15-5/h6-7,16H,1-5H3,(H,15,18). The molecule has 2 heterocycles. The molecule has 0 atom stereocenters. The number of H-pyrrole nitrogens is 1. The van der Waals surface area contributed by atoms with Crippen LogP contribution in [0.25, 0.3) is 10.9 Å². The topological polar surface area (TPSA) is 57.8 Å². The van der Waals surface area contributed by atoms with Gasteiger partial charge in [-0.2, -0.15) is 0 Å². The fourth-order valence-electron chi connectivity index (χ4n) is 2.00. The van der Waals surface area contributed by atoms with Crippen molar-refractivity contribution < 1.29 is 4.79 Å². The molecule has 0 aliphatic rings. The van der Waals surface area contributed by atoms with Crippen molar-refractivity contribution in [2.75, 3.05) is 7.05 Å². The average Bonchev–Trinajstić information content (AvgIpc) is 2.71. The molecule has 0 fully saturated rings. The summed E-state index contributed by atoms with van der Waals surface area (Å²) in [5.41, 5.74) is 3.49. The molecule has 0 bridgehead atoms. The second kappa shape index (κ2) is 4.12. The molecule has 1 amide bonds. The summed E-state index contributed by atoms with van der Waals surface area (Å²) in [7, 11) is 1.64. The number of pyridine rings is 1. The lowest BCUT2D eigenvalue weighted by Gasteiger charge is -2.18. The molecule has 0 aliphatic heterocycles. The summed E-state index contributed by atoms with van der Waals surface area (Å²) in [4.78, 5) is 19.5. The maximum atomic E-state index is 11.8. The summed E-state index contributed by atoms with van der Waals surface area (Å²) >= 11 is 0. The van der Waals surface area contributed by atoms with E-state index in [9.17, 15) is 4.79 Å². The zero-order chi connectivity index (χ0) is 13.5. The van der Waals surface area contributed by atoms with Gasteiger partial charge in [-0.3, -0.25) is 9.78 Å². The number of aromatic amines is 1. The minimum Gasteiger partial charge on any atom is -0.359 e. The van der Waals surface area contributed by atoms with Crippen LogP contribution in [0.15, 0.2) is 12.3 Å². The largest absolute Gasteiger partial charge is 0.359 e. The van der Waals surface area contributed by atoms with E-state index in [1.807, 2.05) is 13.0 Å².